The van der Waals surface area contributed by atoms with Gasteiger partial charge in [-0.3, -0.25) is 5.10 Å². The van der Waals surface area contributed by atoms with Gasteiger partial charge >= 0.3 is 0 Å². The van der Waals surface area contributed by atoms with Gasteiger partial charge in [0.15, 0.2) is 0 Å². The third kappa shape index (κ3) is 3.47. The summed E-state index contributed by atoms with van der Waals surface area (Å²) in [5, 5.41) is 13.4. The van der Waals surface area contributed by atoms with Crippen LogP contribution in [0.1, 0.15) is 83.9 Å². The average Bonchev–Trinajstić information content (AvgIpc) is 3.49. The summed E-state index contributed by atoms with van der Waals surface area (Å²) in [4.78, 5) is 0. The molecule has 1 aromatic rings. The molecular weight excluding hydrogens is 484 g/mol. The lowest BCUT2D eigenvalue weighted by atomic mass is 9.52. The number of aromatic amines is 1. The lowest BCUT2D eigenvalue weighted by Crippen LogP contribution is -2.56. The molecule has 7 nitrogen and oxygen atoms in total. The summed E-state index contributed by atoms with van der Waals surface area (Å²) in [7, 11) is -3.75. The second kappa shape index (κ2) is 8.15. The van der Waals surface area contributed by atoms with Crippen molar-refractivity contribution in [2.75, 3.05) is 6.54 Å². The maximum atomic E-state index is 12.5. The third-order valence-electron chi connectivity index (χ3n) is 12.4. The van der Waals surface area contributed by atoms with E-state index in [1.165, 1.54) is 48.9 Å². The van der Waals surface area contributed by atoms with Crippen molar-refractivity contribution in [2.45, 2.75) is 103 Å². The number of hydrogen-bond donors (Lipinski definition) is 2. The van der Waals surface area contributed by atoms with E-state index in [0.717, 1.165) is 43.4 Å². The van der Waals surface area contributed by atoms with Crippen molar-refractivity contribution in [3.63, 3.8) is 0 Å². The van der Waals surface area contributed by atoms with Crippen LogP contribution in [-0.2, 0) is 27.8 Å². The van der Waals surface area contributed by atoms with Crippen LogP contribution < -0.4 is 5.14 Å². The lowest BCUT2D eigenvalue weighted by molar-refractivity contribution is -0.0878. The summed E-state index contributed by atoms with van der Waals surface area (Å²) < 4.78 is 33.7. The van der Waals surface area contributed by atoms with Gasteiger partial charge in [0.1, 0.15) is 0 Å². The molecule has 1 aromatic heterocycles. The summed E-state index contributed by atoms with van der Waals surface area (Å²) in [6.45, 7) is 9.92. The van der Waals surface area contributed by atoms with Gasteiger partial charge in [-0.2, -0.15) is 17.8 Å². The second-order valence-corrected chi connectivity index (χ2v) is 15.5. The first-order valence-electron chi connectivity index (χ1n) is 14.7. The Morgan fingerprint density at radius 1 is 1.16 bits per heavy atom. The number of ether oxygens (including phenoxy) is 1. The van der Waals surface area contributed by atoms with Crippen LogP contribution in [0, 0.1) is 40.9 Å². The Labute approximate surface area is 222 Å². The molecule has 0 aromatic carbocycles. The molecule has 3 N–H and O–H groups in total. The van der Waals surface area contributed by atoms with E-state index in [2.05, 4.69) is 44.1 Å². The number of rotatable bonds is 1. The lowest BCUT2D eigenvalue weighted by Gasteiger charge is -2.52. The first-order valence-corrected chi connectivity index (χ1v) is 16.2. The first-order chi connectivity index (χ1) is 17.5. The van der Waals surface area contributed by atoms with Crippen LogP contribution >= 0.6 is 0 Å². The summed E-state index contributed by atoms with van der Waals surface area (Å²) in [5.74, 6) is 3.39. The zero-order chi connectivity index (χ0) is 25.9. The Hall–Kier alpha value is -1.22. The van der Waals surface area contributed by atoms with Gasteiger partial charge in [-0.15, -0.1) is 0 Å². The number of piperidine rings is 1. The van der Waals surface area contributed by atoms with Crippen LogP contribution in [0.25, 0.3) is 0 Å². The fraction of sp³-hybridized carbons (Fsp3) is 0.828. The smallest absolute Gasteiger partial charge is 0.277 e. The SMILES string of the molecule is CC1=C2C[C@H]3[C@@H](CC[C@@H]4Cc5[nH]ncc5C[C@@]43C)[C@@H]2CC[C@@]2(C1)O[C@H]1[C@H]([C@H]2C)N(S(N)(=O)=O)CC[C@H]1C. The first kappa shape index (κ1) is 24.8. The van der Waals surface area contributed by atoms with Crippen LogP contribution in [0.5, 0.6) is 0 Å². The molecule has 2 saturated carbocycles. The molecule has 37 heavy (non-hydrogen) atoms. The van der Waals surface area contributed by atoms with Gasteiger partial charge in [0, 0.05) is 18.2 Å². The van der Waals surface area contributed by atoms with Crippen LogP contribution in [0.2, 0.25) is 0 Å². The van der Waals surface area contributed by atoms with Gasteiger partial charge in [0.2, 0.25) is 0 Å². The van der Waals surface area contributed by atoms with Crippen molar-refractivity contribution in [1.29, 1.82) is 0 Å². The Morgan fingerprint density at radius 2 is 1.97 bits per heavy atom. The molecule has 4 aliphatic carbocycles. The number of allylic oxidation sites excluding steroid dienone is 1. The van der Waals surface area contributed by atoms with E-state index >= 15 is 0 Å². The quantitative estimate of drug-likeness (QED) is 0.529. The van der Waals surface area contributed by atoms with Gasteiger partial charge in [-0.25, -0.2) is 5.14 Å². The molecule has 2 aliphatic heterocycles. The Kier molecular flexibility index (Phi) is 5.46. The van der Waals surface area contributed by atoms with E-state index in [9.17, 15) is 8.42 Å². The molecular formula is C29H44N4O3S. The highest BCUT2D eigenvalue weighted by Crippen LogP contribution is 2.64. The van der Waals surface area contributed by atoms with Crippen LogP contribution in [0.3, 0.4) is 0 Å². The predicted molar refractivity (Wildman–Crippen MR) is 143 cm³/mol. The van der Waals surface area contributed by atoms with E-state index in [-0.39, 0.29) is 23.7 Å². The fourth-order valence-corrected chi connectivity index (χ4v) is 11.4. The molecule has 2 saturated heterocycles. The molecule has 7 rings (SSSR count). The maximum Gasteiger partial charge on any atom is 0.277 e. The van der Waals surface area contributed by atoms with E-state index in [1.807, 2.05) is 0 Å². The van der Waals surface area contributed by atoms with Crippen LogP contribution in [0.15, 0.2) is 17.3 Å². The van der Waals surface area contributed by atoms with Crippen LogP contribution in [0.4, 0.5) is 0 Å². The number of H-pyrrole nitrogens is 1. The molecule has 0 amide bonds. The summed E-state index contributed by atoms with van der Waals surface area (Å²) in [6, 6.07) is -0.150. The van der Waals surface area contributed by atoms with Gasteiger partial charge in [-0.1, -0.05) is 31.9 Å². The minimum absolute atomic E-state index is 0.0636. The molecule has 1 spiro atoms. The van der Waals surface area contributed by atoms with Crippen molar-refractivity contribution in [2.24, 2.45) is 46.1 Å². The normalized spacial score (nSPS) is 47.7. The largest absolute Gasteiger partial charge is 0.369 e. The molecule has 4 fully saturated rings. The van der Waals surface area contributed by atoms with Crippen LogP contribution in [-0.4, -0.2) is 47.2 Å². The van der Waals surface area contributed by atoms with Crippen molar-refractivity contribution in [3.8, 4) is 0 Å². The van der Waals surface area contributed by atoms with E-state index in [4.69, 9.17) is 9.88 Å². The zero-order valence-electron chi connectivity index (χ0n) is 22.9. The van der Waals surface area contributed by atoms with E-state index in [1.54, 1.807) is 9.88 Å². The summed E-state index contributed by atoms with van der Waals surface area (Å²) in [6.07, 6.45) is 12.2. The average molecular weight is 529 g/mol. The second-order valence-electron chi connectivity index (χ2n) is 14.0. The minimum Gasteiger partial charge on any atom is -0.369 e. The van der Waals surface area contributed by atoms with E-state index < -0.39 is 10.2 Å². The molecule has 3 heterocycles. The van der Waals surface area contributed by atoms with Gasteiger partial charge in [0.25, 0.3) is 10.2 Å². The Balaban J connectivity index is 1.20. The number of nitrogens with two attached hydrogens (primary N) is 1. The standard InChI is InChI=1S/C29H44N4O3S/c1-16-8-10-33(37(30,34)35)26-18(3)29(36-27(16)26)9-7-21-22-6-5-20-11-25-19(15-31-32-25)14-28(20,4)24(22)12-23(21)17(2)13-29/h15-16,18,20-22,24,26-27H,5-14H2,1-4H3,(H,31,32)(H2,30,34,35)/t16-,18-,20-,21+,22+,24+,26+,27-,28+,29+/m1/s1. The highest BCUT2D eigenvalue weighted by atomic mass is 32.2. The Morgan fingerprint density at radius 3 is 2.76 bits per heavy atom. The topological polar surface area (TPSA) is 101 Å². The minimum atomic E-state index is -3.75. The van der Waals surface area contributed by atoms with Gasteiger partial charge in [0.05, 0.1) is 23.9 Å². The summed E-state index contributed by atoms with van der Waals surface area (Å²) in [5.41, 5.74) is 6.13. The number of aromatic nitrogens is 2. The number of hydrogen-bond acceptors (Lipinski definition) is 4. The zero-order valence-corrected chi connectivity index (χ0v) is 23.7. The predicted octanol–water partition coefficient (Wildman–Crippen LogP) is 4.36. The monoisotopic (exact) mass is 528 g/mol. The molecule has 0 bridgehead atoms. The van der Waals surface area contributed by atoms with Crippen molar-refractivity contribution in [1.82, 2.24) is 14.5 Å². The number of fused-ring (bicyclic) bond motifs is 7. The van der Waals surface area contributed by atoms with Gasteiger partial charge in [-0.05, 0) is 105 Å². The molecule has 0 radical (unpaired) electrons. The number of nitrogens with one attached hydrogen (secondary N) is 1. The molecule has 8 heteroatoms. The maximum absolute atomic E-state index is 12.5. The van der Waals surface area contributed by atoms with E-state index in [0.29, 0.717) is 23.8 Å². The molecule has 0 unspecified atom stereocenters. The molecule has 10 atom stereocenters. The summed E-state index contributed by atoms with van der Waals surface area (Å²) >= 11 is 0. The van der Waals surface area contributed by atoms with Crippen molar-refractivity contribution >= 4 is 10.2 Å². The molecule has 6 aliphatic rings. The highest BCUT2D eigenvalue weighted by molar-refractivity contribution is 7.86. The molecule has 204 valence electrons. The van der Waals surface area contributed by atoms with Gasteiger partial charge < -0.3 is 4.74 Å². The van der Waals surface area contributed by atoms with Crippen molar-refractivity contribution in [3.05, 3.63) is 28.6 Å². The third-order valence-corrected chi connectivity index (χ3v) is 13.5. The Bertz CT molecular complexity index is 1240. The van der Waals surface area contributed by atoms with Crippen molar-refractivity contribution < 1.29 is 13.2 Å². The number of nitrogens with zero attached hydrogens (tertiary/aromatic N) is 2. The fourth-order valence-electron chi connectivity index (χ4n) is 10.4. The highest BCUT2D eigenvalue weighted by Gasteiger charge is 2.61.